The summed E-state index contributed by atoms with van der Waals surface area (Å²) < 4.78 is 28.8. The lowest BCUT2D eigenvalue weighted by atomic mass is 9.95. The number of hydrogen-bond donors (Lipinski definition) is 0. The van der Waals surface area contributed by atoms with Gasteiger partial charge in [0.1, 0.15) is 0 Å². The van der Waals surface area contributed by atoms with Gasteiger partial charge in [0.15, 0.2) is 0 Å². The zero-order valence-corrected chi connectivity index (χ0v) is 19.9. The average Bonchev–Trinajstić information content (AvgIpc) is 3.49. The molecule has 2 saturated carbocycles. The van der Waals surface area contributed by atoms with Crippen molar-refractivity contribution in [3.8, 4) is 0 Å². The highest BCUT2D eigenvalue weighted by atomic mass is 32.2. The lowest BCUT2D eigenvalue weighted by molar-refractivity contribution is -0.135. The molecule has 2 aliphatic carbocycles. The molecule has 174 valence electrons. The molecular formula is C25H35N3O3S. The van der Waals surface area contributed by atoms with Crippen LogP contribution in [0.25, 0.3) is 0 Å². The summed E-state index contributed by atoms with van der Waals surface area (Å²) in [5, 5.41) is 0.160. The lowest BCUT2D eigenvalue weighted by Crippen LogP contribution is -2.35. The van der Waals surface area contributed by atoms with E-state index < -0.39 is 9.84 Å². The largest absolute Gasteiger partial charge is 0.337 e. The van der Waals surface area contributed by atoms with Crippen LogP contribution in [0, 0.1) is 5.92 Å². The van der Waals surface area contributed by atoms with Crippen LogP contribution in [-0.4, -0.2) is 35.3 Å². The van der Waals surface area contributed by atoms with Crippen LogP contribution in [0.2, 0.25) is 0 Å². The van der Waals surface area contributed by atoms with Gasteiger partial charge in [-0.05, 0) is 38.2 Å². The van der Waals surface area contributed by atoms with E-state index in [9.17, 15) is 13.2 Å². The zero-order valence-electron chi connectivity index (χ0n) is 19.1. The van der Waals surface area contributed by atoms with Gasteiger partial charge >= 0.3 is 0 Å². The SMILES string of the molecule is CCN(Cc1cnc(S(=O)(=O)Cc2ccccc2)n1C1CCCCC1)C(=O)C1CCCC1. The van der Waals surface area contributed by atoms with Crippen LogP contribution in [0.5, 0.6) is 0 Å². The number of hydrogen-bond acceptors (Lipinski definition) is 4. The second-order valence-electron chi connectivity index (χ2n) is 9.27. The Morgan fingerprint density at radius 2 is 1.69 bits per heavy atom. The number of nitrogens with zero attached hydrogens (tertiary/aromatic N) is 3. The van der Waals surface area contributed by atoms with Gasteiger partial charge in [-0.1, -0.05) is 62.4 Å². The van der Waals surface area contributed by atoms with Crippen molar-refractivity contribution >= 4 is 15.7 Å². The van der Waals surface area contributed by atoms with Crippen LogP contribution in [-0.2, 0) is 26.9 Å². The molecule has 0 saturated heterocycles. The van der Waals surface area contributed by atoms with Gasteiger partial charge in [-0.25, -0.2) is 13.4 Å². The molecule has 6 nitrogen and oxygen atoms in total. The molecule has 1 aromatic heterocycles. The first-order valence-electron chi connectivity index (χ1n) is 12.1. The van der Waals surface area contributed by atoms with E-state index in [1.54, 1.807) is 6.20 Å². The van der Waals surface area contributed by atoms with E-state index in [2.05, 4.69) is 4.98 Å². The molecule has 0 radical (unpaired) electrons. The molecule has 2 aliphatic rings. The predicted octanol–water partition coefficient (Wildman–Crippen LogP) is 4.90. The van der Waals surface area contributed by atoms with Gasteiger partial charge in [0, 0.05) is 18.5 Å². The Kier molecular flexibility index (Phi) is 7.33. The molecule has 1 heterocycles. The van der Waals surface area contributed by atoms with Crippen LogP contribution in [0.1, 0.15) is 82.0 Å². The summed E-state index contributed by atoms with van der Waals surface area (Å²) >= 11 is 0. The molecule has 0 bridgehead atoms. The molecule has 2 fully saturated rings. The summed E-state index contributed by atoms with van der Waals surface area (Å²) in [6, 6.07) is 9.41. The molecule has 1 aromatic carbocycles. The predicted molar refractivity (Wildman–Crippen MR) is 125 cm³/mol. The minimum absolute atomic E-state index is 0.0600. The smallest absolute Gasteiger partial charge is 0.228 e. The van der Waals surface area contributed by atoms with Crippen molar-refractivity contribution in [2.45, 2.75) is 88.2 Å². The maximum absolute atomic E-state index is 13.4. The molecular weight excluding hydrogens is 422 g/mol. The zero-order chi connectivity index (χ0) is 22.6. The summed E-state index contributed by atoms with van der Waals surface area (Å²) in [6.45, 7) is 3.05. The minimum atomic E-state index is -3.60. The number of rotatable bonds is 8. The quantitative estimate of drug-likeness (QED) is 0.565. The van der Waals surface area contributed by atoms with Crippen LogP contribution in [0.15, 0.2) is 41.7 Å². The maximum Gasteiger partial charge on any atom is 0.228 e. The lowest BCUT2D eigenvalue weighted by Gasteiger charge is -2.29. The van der Waals surface area contributed by atoms with Crippen LogP contribution in [0.3, 0.4) is 0 Å². The van der Waals surface area contributed by atoms with E-state index >= 15 is 0 Å². The Morgan fingerprint density at radius 3 is 2.34 bits per heavy atom. The topological polar surface area (TPSA) is 72.3 Å². The first-order valence-corrected chi connectivity index (χ1v) is 13.8. The molecule has 0 N–H and O–H groups in total. The van der Waals surface area contributed by atoms with Crippen molar-refractivity contribution in [3.63, 3.8) is 0 Å². The molecule has 0 aliphatic heterocycles. The molecule has 1 amide bonds. The molecule has 32 heavy (non-hydrogen) atoms. The van der Waals surface area contributed by atoms with Crippen molar-refractivity contribution in [2.24, 2.45) is 5.92 Å². The monoisotopic (exact) mass is 457 g/mol. The van der Waals surface area contributed by atoms with Crippen molar-refractivity contribution < 1.29 is 13.2 Å². The molecule has 0 spiro atoms. The summed E-state index contributed by atoms with van der Waals surface area (Å²) in [5.74, 6) is 0.257. The summed E-state index contributed by atoms with van der Waals surface area (Å²) in [6.07, 6.45) is 11.2. The van der Waals surface area contributed by atoms with Crippen molar-refractivity contribution in [1.82, 2.24) is 14.5 Å². The fourth-order valence-corrected chi connectivity index (χ4v) is 6.82. The first kappa shape index (κ1) is 23.0. The standard InChI is InChI=1S/C25H35N3O3S/c1-2-27(24(29)21-13-9-10-14-21)18-23-17-26-25(28(23)22-15-7-4-8-16-22)32(30,31)19-20-11-5-3-6-12-20/h3,5-6,11-12,17,21-22H,2,4,7-10,13-16,18-19H2,1H3. The Hall–Kier alpha value is -2.15. The molecule has 2 aromatic rings. The number of benzene rings is 1. The van der Waals surface area contributed by atoms with Gasteiger partial charge in [-0.15, -0.1) is 0 Å². The third-order valence-corrected chi connectivity index (χ3v) is 8.58. The highest BCUT2D eigenvalue weighted by Gasteiger charge is 2.31. The summed E-state index contributed by atoms with van der Waals surface area (Å²) in [4.78, 5) is 19.4. The van der Waals surface area contributed by atoms with Gasteiger partial charge < -0.3 is 9.47 Å². The van der Waals surface area contributed by atoms with Crippen molar-refractivity contribution in [2.75, 3.05) is 6.54 Å². The number of aromatic nitrogens is 2. The summed E-state index contributed by atoms with van der Waals surface area (Å²) in [7, 11) is -3.60. The highest BCUT2D eigenvalue weighted by Crippen LogP contribution is 2.33. The van der Waals surface area contributed by atoms with Gasteiger partial charge in [0.2, 0.25) is 20.9 Å². The van der Waals surface area contributed by atoms with Gasteiger partial charge in [0.25, 0.3) is 0 Å². The van der Waals surface area contributed by atoms with Gasteiger partial charge in [-0.3, -0.25) is 4.79 Å². The maximum atomic E-state index is 13.4. The molecule has 0 atom stereocenters. The molecule has 4 rings (SSSR count). The fourth-order valence-electron chi connectivity index (χ4n) is 5.28. The Morgan fingerprint density at radius 1 is 1.03 bits per heavy atom. The second-order valence-corrected chi connectivity index (χ2v) is 11.2. The number of imidazole rings is 1. The third-order valence-electron chi connectivity index (χ3n) is 7.01. The van der Waals surface area contributed by atoms with Crippen LogP contribution >= 0.6 is 0 Å². The summed E-state index contributed by atoms with van der Waals surface area (Å²) in [5.41, 5.74) is 1.61. The van der Waals surface area contributed by atoms with E-state index in [0.717, 1.165) is 62.6 Å². The van der Waals surface area contributed by atoms with Gasteiger partial charge in [-0.2, -0.15) is 0 Å². The van der Waals surface area contributed by atoms with E-state index in [4.69, 9.17) is 0 Å². The van der Waals surface area contributed by atoms with Crippen molar-refractivity contribution in [1.29, 1.82) is 0 Å². The third kappa shape index (κ3) is 5.08. The Bertz CT molecular complexity index is 1000. The highest BCUT2D eigenvalue weighted by molar-refractivity contribution is 7.90. The van der Waals surface area contributed by atoms with E-state index in [1.807, 2.05) is 46.7 Å². The average molecular weight is 458 g/mol. The minimum Gasteiger partial charge on any atom is -0.337 e. The van der Waals surface area contributed by atoms with E-state index in [-0.39, 0.29) is 28.8 Å². The number of carbonyl (C=O) groups excluding carboxylic acids is 1. The van der Waals surface area contributed by atoms with E-state index in [1.165, 1.54) is 6.42 Å². The van der Waals surface area contributed by atoms with E-state index in [0.29, 0.717) is 13.1 Å². The molecule has 0 unspecified atom stereocenters. The molecule has 7 heteroatoms. The van der Waals surface area contributed by atoms with Crippen LogP contribution in [0.4, 0.5) is 0 Å². The fraction of sp³-hybridized carbons (Fsp3) is 0.600. The number of carbonyl (C=O) groups is 1. The van der Waals surface area contributed by atoms with Crippen LogP contribution < -0.4 is 0 Å². The number of sulfone groups is 1. The Labute approximate surface area is 192 Å². The first-order chi connectivity index (χ1) is 15.5. The van der Waals surface area contributed by atoms with Crippen molar-refractivity contribution in [3.05, 3.63) is 47.8 Å². The second kappa shape index (κ2) is 10.2. The number of amides is 1. The van der Waals surface area contributed by atoms with Gasteiger partial charge in [0.05, 0.1) is 24.2 Å². The Balaban J connectivity index is 1.65. The normalized spacial score (nSPS) is 18.2.